The van der Waals surface area contributed by atoms with Crippen molar-refractivity contribution in [1.29, 1.82) is 0 Å². The van der Waals surface area contributed by atoms with Crippen LogP contribution in [-0.4, -0.2) is 38.2 Å². The van der Waals surface area contributed by atoms with E-state index < -0.39 is 39.9 Å². The smallest absolute Gasteiger partial charge is 0.324 e. The Morgan fingerprint density at radius 2 is 1.67 bits per heavy atom. The first-order valence-electron chi connectivity index (χ1n) is 8.90. The first-order chi connectivity index (χ1) is 14.0. The number of amides is 1. The molecule has 0 aliphatic heterocycles. The fourth-order valence-corrected chi connectivity index (χ4v) is 3.54. The fraction of sp³-hybridized carbons (Fsp3) is 0.250. The van der Waals surface area contributed by atoms with E-state index in [1.54, 1.807) is 18.2 Å². The summed E-state index contributed by atoms with van der Waals surface area (Å²) >= 11 is 0. The van der Waals surface area contributed by atoms with Gasteiger partial charge in [-0.25, -0.2) is 12.8 Å². The van der Waals surface area contributed by atoms with E-state index in [9.17, 15) is 27.2 Å². The van der Waals surface area contributed by atoms with Crippen LogP contribution in [0.15, 0.2) is 53.4 Å². The van der Waals surface area contributed by atoms with Crippen molar-refractivity contribution in [3.8, 4) is 0 Å². The van der Waals surface area contributed by atoms with Crippen LogP contribution < -0.4 is 10.0 Å². The second kappa shape index (κ2) is 9.59. The number of sulfonamides is 1. The average Bonchev–Trinajstić information content (AvgIpc) is 2.68. The number of ketones is 1. The Kier molecular flexibility index (Phi) is 7.41. The number of Topliss-reactive ketones (excluding diaryl/α,β-unsaturated/α-hetero) is 1. The van der Waals surface area contributed by atoms with E-state index in [2.05, 4.69) is 10.0 Å². The molecule has 2 aromatic carbocycles. The van der Waals surface area contributed by atoms with E-state index in [-0.39, 0.29) is 10.7 Å². The molecule has 0 spiro atoms. The van der Waals surface area contributed by atoms with E-state index in [0.717, 1.165) is 24.3 Å². The largest absolute Gasteiger partial charge is 0.451 e. The molecular weight excluding hydrogens is 415 g/mol. The van der Waals surface area contributed by atoms with Gasteiger partial charge in [-0.2, -0.15) is 4.72 Å². The first kappa shape index (κ1) is 23.2. The van der Waals surface area contributed by atoms with Crippen molar-refractivity contribution in [3.05, 3.63) is 59.9 Å². The number of esters is 1. The molecule has 0 fully saturated rings. The van der Waals surface area contributed by atoms with Crippen LogP contribution in [0.1, 0.15) is 31.1 Å². The van der Waals surface area contributed by atoms with Crippen LogP contribution in [-0.2, 0) is 24.3 Å². The van der Waals surface area contributed by atoms with Crippen LogP contribution in [0.25, 0.3) is 0 Å². The molecule has 2 aromatic rings. The summed E-state index contributed by atoms with van der Waals surface area (Å²) in [5.74, 6) is -2.40. The molecule has 160 valence electrons. The molecule has 30 heavy (non-hydrogen) atoms. The van der Waals surface area contributed by atoms with Crippen molar-refractivity contribution < 1.29 is 31.9 Å². The normalized spacial score (nSPS) is 13.2. The van der Waals surface area contributed by atoms with E-state index in [1.807, 2.05) is 0 Å². The van der Waals surface area contributed by atoms with Crippen molar-refractivity contribution in [3.63, 3.8) is 0 Å². The number of ether oxygens (including phenoxy) is 1. The molecule has 1 amide bonds. The highest BCUT2D eigenvalue weighted by atomic mass is 32.2. The summed E-state index contributed by atoms with van der Waals surface area (Å²) in [6, 6.07) is 9.01. The van der Waals surface area contributed by atoms with E-state index >= 15 is 0 Å². The number of halogens is 1. The Morgan fingerprint density at radius 1 is 1.03 bits per heavy atom. The summed E-state index contributed by atoms with van der Waals surface area (Å²) in [7, 11) is -4.09. The third-order valence-corrected chi connectivity index (χ3v) is 5.56. The zero-order valence-electron chi connectivity index (χ0n) is 16.5. The van der Waals surface area contributed by atoms with Gasteiger partial charge in [-0.3, -0.25) is 14.4 Å². The number of carbonyl (C=O) groups excluding carboxylic acids is 3. The van der Waals surface area contributed by atoms with Crippen molar-refractivity contribution in [2.45, 2.75) is 37.8 Å². The summed E-state index contributed by atoms with van der Waals surface area (Å²) < 4.78 is 44.6. The Balaban J connectivity index is 1.97. The highest BCUT2D eigenvalue weighted by molar-refractivity contribution is 7.89. The van der Waals surface area contributed by atoms with Gasteiger partial charge in [0.25, 0.3) is 5.91 Å². The lowest BCUT2D eigenvalue weighted by Gasteiger charge is -2.18. The molecular formula is C20H21FN2O6S. The van der Waals surface area contributed by atoms with Gasteiger partial charge in [-0.05, 0) is 57.2 Å². The molecule has 0 saturated carbocycles. The van der Waals surface area contributed by atoms with Gasteiger partial charge >= 0.3 is 5.97 Å². The van der Waals surface area contributed by atoms with Crippen LogP contribution in [0.4, 0.5) is 10.1 Å². The lowest BCUT2D eigenvalue weighted by molar-refractivity contribution is -0.154. The van der Waals surface area contributed by atoms with E-state index in [0.29, 0.717) is 11.3 Å². The second-order valence-corrected chi connectivity index (χ2v) is 8.22. The molecule has 8 nitrogen and oxygen atoms in total. The fourth-order valence-electron chi connectivity index (χ4n) is 2.35. The molecule has 0 unspecified atom stereocenters. The third kappa shape index (κ3) is 6.19. The van der Waals surface area contributed by atoms with Crippen LogP contribution in [0.2, 0.25) is 0 Å². The molecule has 2 N–H and O–H groups in total. The molecule has 0 saturated heterocycles. The zero-order valence-corrected chi connectivity index (χ0v) is 17.3. The summed E-state index contributed by atoms with van der Waals surface area (Å²) in [5, 5.41) is 2.52. The minimum atomic E-state index is -4.09. The lowest BCUT2D eigenvalue weighted by atomic mass is 10.1. The zero-order chi connectivity index (χ0) is 22.5. The van der Waals surface area contributed by atoms with Crippen LogP contribution in [0.3, 0.4) is 0 Å². The molecule has 10 heteroatoms. The van der Waals surface area contributed by atoms with Gasteiger partial charge in [0.1, 0.15) is 11.9 Å². The predicted octanol–water partition coefficient (Wildman–Crippen LogP) is 2.27. The molecule has 0 aliphatic rings. The third-order valence-electron chi connectivity index (χ3n) is 4.01. The predicted molar refractivity (Wildman–Crippen MR) is 107 cm³/mol. The summed E-state index contributed by atoms with van der Waals surface area (Å²) in [4.78, 5) is 35.6. The molecule has 0 heterocycles. The number of anilines is 1. The van der Waals surface area contributed by atoms with Gasteiger partial charge in [0, 0.05) is 11.3 Å². The van der Waals surface area contributed by atoms with Crippen molar-refractivity contribution in [2.75, 3.05) is 5.32 Å². The second-order valence-electron chi connectivity index (χ2n) is 6.50. The summed E-state index contributed by atoms with van der Waals surface area (Å²) in [5.41, 5.74) is 0.752. The number of carbonyl (C=O) groups is 3. The maximum absolute atomic E-state index is 13.0. The number of benzene rings is 2. The number of rotatable bonds is 8. The van der Waals surface area contributed by atoms with E-state index in [1.165, 1.54) is 26.8 Å². The van der Waals surface area contributed by atoms with Crippen LogP contribution in [0.5, 0.6) is 0 Å². The van der Waals surface area contributed by atoms with Crippen LogP contribution in [0, 0.1) is 5.82 Å². The molecule has 0 bridgehead atoms. The van der Waals surface area contributed by atoms with Crippen LogP contribution >= 0.6 is 0 Å². The monoisotopic (exact) mass is 436 g/mol. The van der Waals surface area contributed by atoms with Crippen molar-refractivity contribution in [1.82, 2.24) is 4.72 Å². The first-order valence-corrected chi connectivity index (χ1v) is 10.4. The SMILES string of the molecule is CC(=O)c1cccc(NC(=O)[C@@H](C)OC(=O)[C@@H](C)NS(=O)(=O)c2ccc(F)cc2)c1. The molecule has 0 aliphatic carbocycles. The Bertz CT molecular complexity index is 1050. The molecule has 0 aromatic heterocycles. The van der Waals surface area contributed by atoms with Gasteiger partial charge in [-0.1, -0.05) is 12.1 Å². The number of hydrogen-bond acceptors (Lipinski definition) is 6. The quantitative estimate of drug-likeness (QED) is 0.484. The Morgan fingerprint density at radius 3 is 2.27 bits per heavy atom. The number of hydrogen-bond donors (Lipinski definition) is 2. The lowest BCUT2D eigenvalue weighted by Crippen LogP contribution is -2.42. The van der Waals surface area contributed by atoms with Gasteiger partial charge < -0.3 is 10.1 Å². The van der Waals surface area contributed by atoms with Gasteiger partial charge in [0.2, 0.25) is 10.0 Å². The van der Waals surface area contributed by atoms with Gasteiger partial charge in [0.05, 0.1) is 4.90 Å². The highest BCUT2D eigenvalue weighted by Gasteiger charge is 2.26. The number of nitrogens with one attached hydrogen (secondary N) is 2. The molecule has 0 radical (unpaired) electrons. The topological polar surface area (TPSA) is 119 Å². The average molecular weight is 436 g/mol. The van der Waals surface area contributed by atoms with Crippen molar-refractivity contribution in [2.24, 2.45) is 0 Å². The Hall–Kier alpha value is -3.11. The molecule has 2 atom stereocenters. The van der Waals surface area contributed by atoms with Crippen molar-refractivity contribution >= 4 is 33.4 Å². The maximum Gasteiger partial charge on any atom is 0.324 e. The highest BCUT2D eigenvalue weighted by Crippen LogP contribution is 2.13. The minimum absolute atomic E-state index is 0.173. The maximum atomic E-state index is 13.0. The van der Waals surface area contributed by atoms with Gasteiger partial charge in [-0.15, -0.1) is 0 Å². The Labute approximate surface area is 173 Å². The standard InChI is InChI=1S/C20H21FN2O6S/c1-12(23-30(27,28)18-9-7-16(21)8-10-18)20(26)29-14(3)19(25)22-17-6-4-5-15(11-17)13(2)24/h4-12,14,23H,1-3H3,(H,22,25)/t12-,14-/m1/s1. The van der Waals surface area contributed by atoms with Gasteiger partial charge in [0.15, 0.2) is 11.9 Å². The summed E-state index contributed by atoms with van der Waals surface area (Å²) in [6.45, 7) is 3.97. The summed E-state index contributed by atoms with van der Waals surface area (Å²) in [6.07, 6.45) is -1.23. The minimum Gasteiger partial charge on any atom is -0.451 e. The molecule has 2 rings (SSSR count). The van der Waals surface area contributed by atoms with E-state index in [4.69, 9.17) is 4.74 Å².